The molecule has 0 radical (unpaired) electrons. The Labute approximate surface area is 104 Å². The van der Waals surface area contributed by atoms with Crippen LogP contribution in [0.25, 0.3) is 0 Å². The molecule has 3 aliphatic rings. The Bertz CT molecular complexity index is 355. The van der Waals surface area contributed by atoms with Crippen LogP contribution < -0.4 is 0 Å². The molecule has 3 aliphatic heterocycles. The van der Waals surface area contributed by atoms with Gasteiger partial charge in [0, 0.05) is 7.11 Å². The van der Waals surface area contributed by atoms with Crippen molar-refractivity contribution >= 4 is 6.16 Å². The maximum atomic E-state index is 11.3. The lowest BCUT2D eigenvalue weighted by atomic mass is 9.97. The molecular weight excluding hydrogens is 244 g/mol. The van der Waals surface area contributed by atoms with Crippen LogP contribution in [0.3, 0.4) is 0 Å². The molecular formula is C11H16O7. The van der Waals surface area contributed by atoms with Gasteiger partial charge in [0.2, 0.25) is 0 Å². The Morgan fingerprint density at radius 2 is 1.94 bits per heavy atom. The highest BCUT2D eigenvalue weighted by Crippen LogP contribution is 2.37. The number of rotatable bonds is 1. The maximum Gasteiger partial charge on any atom is 0.509 e. The van der Waals surface area contributed by atoms with Gasteiger partial charge in [-0.25, -0.2) is 4.79 Å². The predicted octanol–water partition coefficient (Wildman–Crippen LogP) is 0.413. The molecule has 0 aromatic carbocycles. The fourth-order valence-electron chi connectivity index (χ4n) is 2.50. The van der Waals surface area contributed by atoms with Crippen LogP contribution in [0.4, 0.5) is 4.79 Å². The Morgan fingerprint density at radius 3 is 2.67 bits per heavy atom. The van der Waals surface area contributed by atoms with Crippen LogP contribution in [0.1, 0.15) is 13.8 Å². The maximum absolute atomic E-state index is 11.3. The largest absolute Gasteiger partial charge is 0.509 e. The number of ether oxygens (including phenoxy) is 6. The van der Waals surface area contributed by atoms with Gasteiger partial charge in [-0.1, -0.05) is 0 Å². The first kappa shape index (κ1) is 12.2. The number of fused-ring (bicyclic) bond motifs is 3. The molecule has 0 amide bonds. The summed E-state index contributed by atoms with van der Waals surface area (Å²) >= 11 is 0. The van der Waals surface area contributed by atoms with E-state index in [1.165, 1.54) is 7.11 Å². The van der Waals surface area contributed by atoms with Crippen molar-refractivity contribution < 1.29 is 33.2 Å². The normalized spacial score (nSPS) is 45.7. The van der Waals surface area contributed by atoms with Crippen LogP contribution in [0, 0.1) is 0 Å². The minimum atomic E-state index is -0.732. The molecule has 3 fully saturated rings. The summed E-state index contributed by atoms with van der Waals surface area (Å²) in [4.78, 5) is 11.3. The summed E-state index contributed by atoms with van der Waals surface area (Å²) < 4.78 is 32.3. The predicted molar refractivity (Wildman–Crippen MR) is 55.7 cm³/mol. The van der Waals surface area contributed by atoms with E-state index in [9.17, 15) is 4.79 Å². The van der Waals surface area contributed by atoms with E-state index >= 15 is 0 Å². The van der Waals surface area contributed by atoms with Gasteiger partial charge >= 0.3 is 6.16 Å². The number of hydrogen-bond acceptors (Lipinski definition) is 7. The minimum absolute atomic E-state index is 0.335. The molecule has 3 rings (SSSR count). The van der Waals surface area contributed by atoms with E-state index in [0.29, 0.717) is 6.61 Å². The van der Waals surface area contributed by atoms with E-state index in [1.807, 2.05) is 0 Å². The van der Waals surface area contributed by atoms with Gasteiger partial charge in [-0.15, -0.1) is 0 Å². The van der Waals surface area contributed by atoms with Crippen LogP contribution in [-0.4, -0.2) is 56.4 Å². The van der Waals surface area contributed by atoms with Crippen molar-refractivity contribution in [3.63, 3.8) is 0 Å². The Balaban J connectivity index is 1.84. The Hall–Kier alpha value is -0.890. The van der Waals surface area contributed by atoms with E-state index in [0.717, 1.165) is 0 Å². The lowest BCUT2D eigenvalue weighted by Gasteiger charge is -2.47. The average Bonchev–Trinajstić information content (AvgIpc) is 2.69. The van der Waals surface area contributed by atoms with Crippen LogP contribution in [0.15, 0.2) is 0 Å². The van der Waals surface area contributed by atoms with Crippen molar-refractivity contribution in [2.24, 2.45) is 0 Å². The third-order valence-corrected chi connectivity index (χ3v) is 3.30. The lowest BCUT2D eigenvalue weighted by Crippen LogP contribution is -2.63. The number of carbonyl (C=O) groups excluding carboxylic acids is 1. The molecule has 3 heterocycles. The van der Waals surface area contributed by atoms with E-state index in [-0.39, 0.29) is 6.10 Å². The van der Waals surface area contributed by atoms with E-state index in [1.54, 1.807) is 13.8 Å². The van der Waals surface area contributed by atoms with Crippen molar-refractivity contribution in [3.8, 4) is 0 Å². The molecule has 5 unspecified atom stereocenters. The smallest absolute Gasteiger partial charge is 0.424 e. The first-order chi connectivity index (χ1) is 8.50. The molecule has 18 heavy (non-hydrogen) atoms. The van der Waals surface area contributed by atoms with E-state index < -0.39 is 36.5 Å². The summed E-state index contributed by atoms with van der Waals surface area (Å²) in [5.41, 5.74) is 0. The molecule has 0 N–H and O–H groups in total. The van der Waals surface area contributed by atoms with Crippen molar-refractivity contribution in [1.29, 1.82) is 0 Å². The molecule has 5 atom stereocenters. The topological polar surface area (TPSA) is 72.5 Å². The molecule has 102 valence electrons. The monoisotopic (exact) mass is 260 g/mol. The zero-order chi connectivity index (χ0) is 12.9. The third-order valence-electron chi connectivity index (χ3n) is 3.30. The van der Waals surface area contributed by atoms with Crippen LogP contribution in [0.5, 0.6) is 0 Å². The first-order valence-electron chi connectivity index (χ1n) is 5.87. The molecule has 7 nitrogen and oxygen atoms in total. The Morgan fingerprint density at radius 1 is 1.22 bits per heavy atom. The first-order valence-corrected chi connectivity index (χ1v) is 5.87. The summed E-state index contributed by atoms with van der Waals surface area (Å²) in [5, 5.41) is 0. The lowest BCUT2D eigenvalue weighted by molar-refractivity contribution is -0.368. The molecule has 0 aromatic heterocycles. The van der Waals surface area contributed by atoms with Crippen molar-refractivity contribution in [2.45, 2.75) is 50.3 Å². The fraction of sp³-hybridized carbons (Fsp3) is 0.909. The zero-order valence-corrected chi connectivity index (χ0v) is 10.5. The highest BCUT2D eigenvalue weighted by molar-refractivity contribution is 5.63. The summed E-state index contributed by atoms with van der Waals surface area (Å²) in [6, 6.07) is 0. The zero-order valence-electron chi connectivity index (χ0n) is 10.5. The van der Waals surface area contributed by atoms with Gasteiger partial charge in [0.25, 0.3) is 0 Å². The van der Waals surface area contributed by atoms with Crippen LogP contribution in [0.2, 0.25) is 0 Å². The molecule has 7 heteroatoms. The van der Waals surface area contributed by atoms with Crippen LogP contribution in [-0.2, 0) is 28.4 Å². The minimum Gasteiger partial charge on any atom is -0.424 e. The van der Waals surface area contributed by atoms with Gasteiger partial charge in [-0.05, 0) is 13.8 Å². The van der Waals surface area contributed by atoms with Gasteiger partial charge < -0.3 is 28.4 Å². The van der Waals surface area contributed by atoms with E-state index in [4.69, 9.17) is 28.4 Å². The second-order valence-corrected chi connectivity index (χ2v) is 4.99. The molecule has 0 aliphatic carbocycles. The van der Waals surface area contributed by atoms with Crippen LogP contribution >= 0.6 is 0 Å². The van der Waals surface area contributed by atoms with Crippen molar-refractivity contribution in [3.05, 3.63) is 0 Å². The van der Waals surface area contributed by atoms with Crippen molar-refractivity contribution in [2.75, 3.05) is 13.7 Å². The summed E-state index contributed by atoms with van der Waals surface area (Å²) in [7, 11) is 1.49. The number of carbonyl (C=O) groups is 1. The Kier molecular flexibility index (Phi) is 2.74. The molecule has 0 spiro atoms. The second kappa shape index (κ2) is 4.06. The number of hydrogen-bond donors (Lipinski definition) is 0. The van der Waals surface area contributed by atoms with Crippen molar-refractivity contribution in [1.82, 2.24) is 0 Å². The highest BCUT2D eigenvalue weighted by Gasteiger charge is 2.58. The number of methoxy groups -OCH3 is 1. The second-order valence-electron chi connectivity index (χ2n) is 4.99. The van der Waals surface area contributed by atoms with Gasteiger partial charge in [-0.2, -0.15) is 0 Å². The summed E-state index contributed by atoms with van der Waals surface area (Å²) in [5.74, 6) is -0.732. The molecule has 0 saturated carbocycles. The standard InChI is InChI=1S/C11H16O7/c1-11(2)14-4-5-6(18-11)7-8(9(13-3)15-5)17-10(12)16-7/h5-9H,4H2,1-3H3. The third kappa shape index (κ3) is 1.87. The fourth-order valence-corrected chi connectivity index (χ4v) is 2.50. The summed E-state index contributed by atoms with van der Waals surface area (Å²) in [6.45, 7) is 3.97. The molecule has 3 saturated heterocycles. The average molecular weight is 260 g/mol. The van der Waals surface area contributed by atoms with Gasteiger partial charge in [0.1, 0.15) is 12.2 Å². The molecule has 0 bridgehead atoms. The highest BCUT2D eigenvalue weighted by atomic mass is 16.8. The summed E-state index contributed by atoms with van der Waals surface area (Å²) in [6.07, 6.45) is -3.24. The van der Waals surface area contributed by atoms with Gasteiger partial charge in [0.15, 0.2) is 24.3 Å². The van der Waals surface area contributed by atoms with Gasteiger partial charge in [-0.3, -0.25) is 0 Å². The quantitative estimate of drug-likeness (QED) is 0.632. The molecule has 0 aromatic rings. The SMILES string of the molecule is COC1OC2COC(C)(C)OC2C2OC(=O)OC12. The van der Waals surface area contributed by atoms with Gasteiger partial charge in [0.05, 0.1) is 6.61 Å². The van der Waals surface area contributed by atoms with E-state index in [2.05, 4.69) is 0 Å².